The molecule has 0 aliphatic rings. The fourth-order valence-electron chi connectivity index (χ4n) is 3.04. The molecule has 0 aromatic carbocycles. The molecule has 12 heteroatoms. The van der Waals surface area contributed by atoms with E-state index >= 15 is 4.39 Å². The zero-order valence-electron chi connectivity index (χ0n) is 19.3. The number of anilines is 3. The Bertz CT molecular complexity index is 1280. The smallest absolute Gasteiger partial charge is 0.425 e. The highest BCUT2D eigenvalue weighted by Gasteiger charge is 2.32. The summed E-state index contributed by atoms with van der Waals surface area (Å²) < 4.78 is 34.6. The third kappa shape index (κ3) is 6.18. The first-order valence-corrected chi connectivity index (χ1v) is 10.7. The van der Waals surface area contributed by atoms with E-state index in [0.29, 0.717) is 16.8 Å². The van der Waals surface area contributed by atoms with Crippen molar-refractivity contribution in [1.82, 2.24) is 15.0 Å². The summed E-state index contributed by atoms with van der Waals surface area (Å²) in [5.74, 6) is -2.45. The second kappa shape index (κ2) is 10.2. The lowest BCUT2D eigenvalue weighted by molar-refractivity contribution is 0.0579. The normalized spacial score (nSPS) is 11.2. The van der Waals surface area contributed by atoms with Gasteiger partial charge in [-0.05, 0) is 56.5 Å². The van der Waals surface area contributed by atoms with E-state index in [1.54, 1.807) is 27.7 Å². The van der Waals surface area contributed by atoms with Crippen LogP contribution in [0.4, 0.5) is 35.7 Å². The molecule has 0 spiro atoms. The fourth-order valence-corrected chi connectivity index (χ4v) is 3.18. The summed E-state index contributed by atoms with van der Waals surface area (Å²) in [5, 5.41) is 12.5. The third-order valence-electron chi connectivity index (χ3n) is 4.69. The zero-order valence-corrected chi connectivity index (χ0v) is 20.0. The molecule has 0 saturated carbocycles. The highest BCUT2D eigenvalue weighted by Crippen LogP contribution is 2.28. The van der Waals surface area contributed by atoms with Gasteiger partial charge in [-0.1, -0.05) is 11.6 Å². The lowest BCUT2D eigenvalue weighted by Crippen LogP contribution is -2.41. The Kier molecular flexibility index (Phi) is 7.49. The number of carbonyl (C=O) groups is 2. The van der Waals surface area contributed by atoms with Crippen molar-refractivity contribution in [2.24, 2.45) is 0 Å². The molecule has 0 aliphatic carbocycles. The number of hydrogen-bond donors (Lipinski definition) is 2. The number of halogens is 3. The van der Waals surface area contributed by atoms with Gasteiger partial charge in [0.05, 0.1) is 16.9 Å². The molecule has 184 valence electrons. The molecule has 0 bridgehead atoms. The minimum atomic E-state index is -1.75. The number of aromatic nitrogens is 3. The van der Waals surface area contributed by atoms with Crippen molar-refractivity contribution in [3.8, 4) is 0 Å². The van der Waals surface area contributed by atoms with Crippen LogP contribution in [0, 0.1) is 18.6 Å². The standard InChI is InChI=1S/C23H22ClF2N5O4/c1-12-14(9-27-11-17(12)30-19-16(25)8-15(24)10-29-19)7-13-5-6-28-20(18(13)26)31(21(32)33)22(34)35-23(2,3)4/h5-6,8-11H,7H2,1-4H3,(H,29,30)(H,32,33). The van der Waals surface area contributed by atoms with E-state index < -0.39 is 35.2 Å². The Hall–Kier alpha value is -3.86. The first kappa shape index (κ1) is 25.8. The molecule has 2 N–H and O–H groups in total. The molecule has 0 aliphatic heterocycles. The molecular weight excluding hydrogens is 484 g/mol. The van der Waals surface area contributed by atoms with Crippen LogP contribution in [-0.4, -0.2) is 37.8 Å². The first-order valence-electron chi connectivity index (χ1n) is 10.3. The first-order chi connectivity index (χ1) is 16.4. The van der Waals surface area contributed by atoms with Crippen LogP contribution in [0.5, 0.6) is 0 Å². The van der Waals surface area contributed by atoms with Crippen molar-refractivity contribution in [2.45, 2.75) is 39.7 Å². The van der Waals surface area contributed by atoms with Crippen molar-refractivity contribution in [3.05, 3.63) is 70.3 Å². The number of carboxylic acid groups (broad SMARTS) is 1. The average Bonchev–Trinajstić information content (AvgIpc) is 2.74. The Balaban J connectivity index is 1.93. The average molecular weight is 506 g/mol. The third-order valence-corrected chi connectivity index (χ3v) is 4.90. The maximum absolute atomic E-state index is 15.3. The van der Waals surface area contributed by atoms with E-state index in [1.165, 1.54) is 30.9 Å². The van der Waals surface area contributed by atoms with Crippen LogP contribution in [0.25, 0.3) is 0 Å². The highest BCUT2D eigenvalue weighted by atomic mass is 35.5. The van der Waals surface area contributed by atoms with Crippen molar-refractivity contribution in [1.29, 1.82) is 0 Å². The summed E-state index contributed by atoms with van der Waals surface area (Å²) >= 11 is 5.73. The molecule has 0 radical (unpaired) electrons. The topological polar surface area (TPSA) is 118 Å². The maximum Gasteiger partial charge on any atom is 0.425 e. The molecule has 0 atom stereocenters. The maximum atomic E-state index is 15.3. The van der Waals surface area contributed by atoms with Crippen molar-refractivity contribution in [3.63, 3.8) is 0 Å². The van der Waals surface area contributed by atoms with Crippen LogP contribution in [0.3, 0.4) is 0 Å². The molecule has 3 aromatic heterocycles. The Morgan fingerprint density at radius 1 is 1.17 bits per heavy atom. The van der Waals surface area contributed by atoms with Gasteiger partial charge in [-0.15, -0.1) is 0 Å². The van der Waals surface area contributed by atoms with Crippen LogP contribution in [-0.2, 0) is 11.2 Å². The molecule has 0 saturated heterocycles. The van der Waals surface area contributed by atoms with Crippen LogP contribution >= 0.6 is 11.6 Å². The second-order valence-corrected chi connectivity index (χ2v) is 8.90. The van der Waals surface area contributed by atoms with Gasteiger partial charge >= 0.3 is 12.2 Å². The largest absolute Gasteiger partial charge is 0.464 e. The van der Waals surface area contributed by atoms with Gasteiger partial charge in [-0.3, -0.25) is 4.98 Å². The number of ether oxygens (including phenoxy) is 1. The lowest BCUT2D eigenvalue weighted by Gasteiger charge is -2.24. The number of carbonyl (C=O) groups excluding carboxylic acids is 1. The minimum Gasteiger partial charge on any atom is -0.464 e. The van der Waals surface area contributed by atoms with Crippen LogP contribution in [0.2, 0.25) is 5.02 Å². The number of imide groups is 1. The van der Waals surface area contributed by atoms with Crippen molar-refractivity contribution in [2.75, 3.05) is 10.2 Å². The van der Waals surface area contributed by atoms with E-state index in [-0.39, 0.29) is 27.7 Å². The molecule has 3 heterocycles. The van der Waals surface area contributed by atoms with Gasteiger partial charge in [0.15, 0.2) is 23.3 Å². The molecule has 9 nitrogen and oxygen atoms in total. The molecule has 35 heavy (non-hydrogen) atoms. The Morgan fingerprint density at radius 3 is 2.51 bits per heavy atom. The van der Waals surface area contributed by atoms with Gasteiger partial charge in [-0.2, -0.15) is 4.90 Å². The van der Waals surface area contributed by atoms with Crippen molar-refractivity contribution >= 4 is 41.1 Å². The van der Waals surface area contributed by atoms with Gasteiger partial charge in [0.1, 0.15) is 5.60 Å². The number of nitrogens with zero attached hydrogens (tertiary/aromatic N) is 4. The Labute approximate surface area is 204 Å². The molecule has 0 unspecified atom stereocenters. The number of amides is 2. The molecule has 3 aromatic rings. The van der Waals surface area contributed by atoms with Gasteiger partial charge in [-0.25, -0.2) is 28.3 Å². The van der Waals surface area contributed by atoms with Gasteiger partial charge in [0.2, 0.25) is 0 Å². The van der Waals surface area contributed by atoms with Crippen LogP contribution < -0.4 is 10.2 Å². The summed E-state index contributed by atoms with van der Waals surface area (Å²) in [7, 11) is 0. The molecular formula is C23H22ClF2N5O4. The predicted molar refractivity (Wildman–Crippen MR) is 125 cm³/mol. The van der Waals surface area contributed by atoms with Crippen molar-refractivity contribution < 1.29 is 28.2 Å². The summed E-state index contributed by atoms with van der Waals surface area (Å²) in [6, 6.07) is 2.46. The van der Waals surface area contributed by atoms with E-state index in [0.717, 1.165) is 6.07 Å². The van der Waals surface area contributed by atoms with Crippen LogP contribution in [0.1, 0.15) is 37.5 Å². The van der Waals surface area contributed by atoms with E-state index in [9.17, 15) is 19.1 Å². The lowest BCUT2D eigenvalue weighted by atomic mass is 10.0. The molecule has 3 rings (SSSR count). The monoisotopic (exact) mass is 505 g/mol. The summed E-state index contributed by atoms with van der Waals surface area (Å²) in [6.07, 6.45) is 2.37. The SMILES string of the molecule is Cc1c(Cc2ccnc(N(C(=O)O)C(=O)OC(C)(C)C)c2F)cncc1Nc1ncc(Cl)cc1F. The summed E-state index contributed by atoms with van der Waals surface area (Å²) in [4.78, 5) is 36.0. The zero-order chi connectivity index (χ0) is 25.9. The molecule has 0 fully saturated rings. The second-order valence-electron chi connectivity index (χ2n) is 8.46. The fraction of sp³-hybridized carbons (Fsp3) is 0.261. The quantitative estimate of drug-likeness (QED) is 0.442. The van der Waals surface area contributed by atoms with E-state index in [2.05, 4.69) is 20.3 Å². The predicted octanol–water partition coefficient (Wildman–Crippen LogP) is 5.87. The van der Waals surface area contributed by atoms with Gasteiger partial charge < -0.3 is 15.2 Å². The number of pyridine rings is 3. The summed E-state index contributed by atoms with van der Waals surface area (Å²) in [6.45, 7) is 6.37. The minimum absolute atomic E-state index is 0.0198. The van der Waals surface area contributed by atoms with Crippen LogP contribution in [0.15, 0.2) is 36.9 Å². The van der Waals surface area contributed by atoms with E-state index in [4.69, 9.17) is 16.3 Å². The number of rotatable bonds is 5. The van der Waals surface area contributed by atoms with Gasteiger partial charge in [0, 0.05) is 25.0 Å². The highest BCUT2D eigenvalue weighted by molar-refractivity contribution is 6.30. The van der Waals surface area contributed by atoms with E-state index in [1.807, 2.05) is 0 Å². The summed E-state index contributed by atoms with van der Waals surface area (Å²) in [5.41, 5.74) is 0.651. The number of nitrogens with one attached hydrogen (secondary N) is 1. The molecule has 2 amide bonds. The van der Waals surface area contributed by atoms with Gasteiger partial charge in [0.25, 0.3) is 0 Å². The Morgan fingerprint density at radius 2 is 1.89 bits per heavy atom. The number of hydrogen-bond acceptors (Lipinski definition) is 7.